The third kappa shape index (κ3) is 3.97. The molecule has 0 saturated carbocycles. The van der Waals surface area contributed by atoms with Crippen molar-refractivity contribution >= 4 is 103 Å². The summed E-state index contributed by atoms with van der Waals surface area (Å²) in [5.74, 6) is 0. The summed E-state index contributed by atoms with van der Waals surface area (Å²) in [5.41, 5.74) is 8.59. The maximum Gasteiger partial charge on any atom is 0.143 e. The van der Waals surface area contributed by atoms with Gasteiger partial charge in [0.2, 0.25) is 0 Å². The van der Waals surface area contributed by atoms with Crippen molar-refractivity contribution in [3.8, 4) is 5.69 Å². The molecule has 11 aromatic rings. The molecule has 3 aromatic heterocycles. The Balaban J connectivity index is 1.21. The van der Waals surface area contributed by atoms with Gasteiger partial charge in [0.15, 0.2) is 0 Å². The molecule has 0 N–H and O–H groups in total. The Morgan fingerprint density at radius 2 is 1.14 bits per heavy atom. The monoisotopic (exact) mass is 656 g/mol. The Hall–Kier alpha value is -6.36. The highest BCUT2D eigenvalue weighted by Gasteiger charge is 2.22. The second-order valence-electron chi connectivity index (χ2n) is 12.9. The van der Waals surface area contributed by atoms with Crippen LogP contribution in [0.3, 0.4) is 0 Å². The number of thiophene rings is 1. The predicted octanol–water partition coefficient (Wildman–Crippen LogP) is 13.7. The summed E-state index contributed by atoms with van der Waals surface area (Å²) >= 11 is 1.85. The van der Waals surface area contributed by atoms with Crippen molar-refractivity contribution in [2.45, 2.75) is 0 Å². The van der Waals surface area contributed by atoms with Crippen molar-refractivity contribution in [2.24, 2.45) is 0 Å². The van der Waals surface area contributed by atoms with E-state index in [1.807, 2.05) is 11.3 Å². The summed E-state index contributed by atoms with van der Waals surface area (Å²) in [4.78, 5) is 2.41. The number of furan rings is 1. The first-order valence-electron chi connectivity index (χ1n) is 16.9. The number of nitrogens with zero attached hydrogens (tertiary/aromatic N) is 2. The maximum absolute atomic E-state index is 6.72. The third-order valence-electron chi connectivity index (χ3n) is 10.2. The van der Waals surface area contributed by atoms with Gasteiger partial charge in [0.25, 0.3) is 0 Å². The van der Waals surface area contributed by atoms with Crippen LogP contribution in [-0.2, 0) is 0 Å². The van der Waals surface area contributed by atoms with Gasteiger partial charge in [-0.05, 0) is 66.0 Å². The topological polar surface area (TPSA) is 21.3 Å². The lowest BCUT2D eigenvalue weighted by atomic mass is 10.1. The molecule has 0 saturated heterocycles. The van der Waals surface area contributed by atoms with E-state index in [1.54, 1.807) is 0 Å². The van der Waals surface area contributed by atoms with Crippen molar-refractivity contribution in [2.75, 3.05) is 4.90 Å². The molecule has 0 aliphatic heterocycles. The summed E-state index contributed by atoms with van der Waals surface area (Å²) in [6.45, 7) is 0. The minimum atomic E-state index is 0.877. The first kappa shape index (κ1) is 27.6. The second kappa shape index (κ2) is 10.6. The van der Waals surface area contributed by atoms with Gasteiger partial charge in [0, 0.05) is 65.5 Å². The number of hydrogen-bond donors (Lipinski definition) is 0. The molecule has 0 amide bonds. The second-order valence-corrected chi connectivity index (χ2v) is 14.0. The fraction of sp³-hybridized carbons (Fsp3) is 0. The van der Waals surface area contributed by atoms with Crippen LogP contribution in [0.2, 0.25) is 0 Å². The molecule has 0 bridgehead atoms. The summed E-state index contributed by atoms with van der Waals surface area (Å²) in [6.07, 6.45) is 0. The Bertz CT molecular complexity index is 3110. The van der Waals surface area contributed by atoms with Gasteiger partial charge in [-0.1, -0.05) is 103 Å². The number of fused-ring (bicyclic) bond motifs is 11. The smallest absolute Gasteiger partial charge is 0.143 e. The Morgan fingerprint density at radius 3 is 2.04 bits per heavy atom. The third-order valence-corrected chi connectivity index (χ3v) is 11.4. The minimum absolute atomic E-state index is 0.877. The summed E-state index contributed by atoms with van der Waals surface area (Å²) < 4.78 is 11.7. The van der Waals surface area contributed by atoms with Crippen LogP contribution in [0.15, 0.2) is 174 Å². The molecule has 8 aromatic carbocycles. The van der Waals surface area contributed by atoms with E-state index < -0.39 is 0 Å². The van der Waals surface area contributed by atoms with Crippen molar-refractivity contribution in [3.05, 3.63) is 170 Å². The largest absolute Gasteiger partial charge is 0.455 e. The van der Waals surface area contributed by atoms with E-state index in [2.05, 4.69) is 179 Å². The lowest BCUT2D eigenvalue weighted by Crippen LogP contribution is -2.10. The maximum atomic E-state index is 6.72. The molecule has 0 aliphatic rings. The van der Waals surface area contributed by atoms with E-state index in [1.165, 1.54) is 47.4 Å². The Morgan fingerprint density at radius 1 is 0.460 bits per heavy atom. The highest BCUT2D eigenvalue weighted by molar-refractivity contribution is 7.26. The number of hydrogen-bond acceptors (Lipinski definition) is 3. The summed E-state index contributed by atoms with van der Waals surface area (Å²) in [6, 6.07) is 61.2. The van der Waals surface area contributed by atoms with Crippen LogP contribution in [0.1, 0.15) is 0 Å². The quantitative estimate of drug-likeness (QED) is 0.188. The Kier molecular flexibility index (Phi) is 5.83. The molecular weight excluding hydrogens is 629 g/mol. The molecule has 0 aliphatic carbocycles. The minimum Gasteiger partial charge on any atom is -0.455 e. The van der Waals surface area contributed by atoms with Gasteiger partial charge in [-0.2, -0.15) is 0 Å². The highest BCUT2D eigenvalue weighted by Crippen LogP contribution is 2.47. The van der Waals surface area contributed by atoms with E-state index in [4.69, 9.17) is 4.42 Å². The fourth-order valence-corrected chi connectivity index (χ4v) is 9.13. The highest BCUT2D eigenvalue weighted by atomic mass is 32.1. The van der Waals surface area contributed by atoms with Crippen LogP contribution in [0.4, 0.5) is 17.1 Å². The fourth-order valence-electron chi connectivity index (χ4n) is 7.92. The molecule has 0 fully saturated rings. The standard InChI is InChI=1S/C46H28N2OS/c1-2-12-30(13-3-1)48-40-18-8-6-15-34(40)35-25-22-31(27-42(35)48)47(41-19-10-17-39-37-16-7-9-20-44(37)50-46(39)41)32-23-26-36-38-24-21-29-11-4-5-14-33(29)45(38)49-43(36)28-32/h1-28H. The van der Waals surface area contributed by atoms with Crippen molar-refractivity contribution in [3.63, 3.8) is 0 Å². The SMILES string of the molecule is c1ccc(-n2c3ccccc3c3ccc(N(c4ccc5c(c4)oc4c6ccccc6ccc54)c4cccc5c4sc4ccccc45)cc32)cc1. The lowest BCUT2D eigenvalue weighted by molar-refractivity contribution is 0.673. The molecule has 11 rings (SSSR count). The number of rotatable bonds is 4. The van der Waals surface area contributed by atoms with E-state index in [9.17, 15) is 0 Å². The van der Waals surface area contributed by atoms with E-state index >= 15 is 0 Å². The van der Waals surface area contributed by atoms with Crippen LogP contribution in [0, 0.1) is 0 Å². The zero-order valence-corrected chi connectivity index (χ0v) is 27.7. The molecule has 4 heteroatoms. The molecular formula is C46H28N2OS. The van der Waals surface area contributed by atoms with Gasteiger partial charge in [-0.25, -0.2) is 0 Å². The van der Waals surface area contributed by atoms with Gasteiger partial charge in [0.05, 0.1) is 21.4 Å². The molecule has 234 valence electrons. The zero-order chi connectivity index (χ0) is 32.8. The molecule has 3 heterocycles. The number of anilines is 3. The van der Waals surface area contributed by atoms with Gasteiger partial charge >= 0.3 is 0 Å². The molecule has 50 heavy (non-hydrogen) atoms. The van der Waals surface area contributed by atoms with Gasteiger partial charge in [-0.15, -0.1) is 11.3 Å². The first-order valence-corrected chi connectivity index (χ1v) is 17.7. The number of aromatic nitrogens is 1. The summed E-state index contributed by atoms with van der Waals surface area (Å²) in [5, 5.41) is 9.59. The van der Waals surface area contributed by atoms with E-state index in [0.717, 1.165) is 50.1 Å². The van der Waals surface area contributed by atoms with Crippen LogP contribution in [-0.4, -0.2) is 4.57 Å². The molecule has 0 unspecified atom stereocenters. The number of para-hydroxylation sites is 2. The average molecular weight is 657 g/mol. The van der Waals surface area contributed by atoms with Crippen LogP contribution in [0.25, 0.3) is 80.4 Å². The van der Waals surface area contributed by atoms with Gasteiger partial charge in [0.1, 0.15) is 11.2 Å². The predicted molar refractivity (Wildman–Crippen MR) is 213 cm³/mol. The van der Waals surface area contributed by atoms with Crippen LogP contribution < -0.4 is 4.90 Å². The van der Waals surface area contributed by atoms with Crippen LogP contribution in [0.5, 0.6) is 0 Å². The lowest BCUT2D eigenvalue weighted by Gasteiger charge is -2.26. The van der Waals surface area contributed by atoms with Gasteiger partial charge in [-0.3, -0.25) is 0 Å². The summed E-state index contributed by atoms with van der Waals surface area (Å²) in [7, 11) is 0. The molecule has 0 radical (unpaired) electrons. The normalized spacial score (nSPS) is 12.0. The average Bonchev–Trinajstić information content (AvgIpc) is 3.85. The van der Waals surface area contributed by atoms with Gasteiger partial charge < -0.3 is 13.9 Å². The van der Waals surface area contributed by atoms with E-state index in [0.29, 0.717) is 0 Å². The van der Waals surface area contributed by atoms with Crippen molar-refractivity contribution in [1.82, 2.24) is 4.57 Å². The van der Waals surface area contributed by atoms with Crippen molar-refractivity contribution in [1.29, 1.82) is 0 Å². The molecule has 3 nitrogen and oxygen atoms in total. The molecule has 0 atom stereocenters. The number of benzene rings is 8. The van der Waals surface area contributed by atoms with E-state index in [-0.39, 0.29) is 0 Å². The first-order chi connectivity index (χ1) is 24.8. The Labute approximate surface area is 291 Å². The zero-order valence-electron chi connectivity index (χ0n) is 26.9. The van der Waals surface area contributed by atoms with Crippen LogP contribution >= 0.6 is 11.3 Å². The molecule has 0 spiro atoms. The van der Waals surface area contributed by atoms with Crippen molar-refractivity contribution < 1.29 is 4.42 Å².